The van der Waals surface area contributed by atoms with Crippen molar-refractivity contribution in [2.24, 2.45) is 0 Å². The van der Waals surface area contributed by atoms with Crippen LogP contribution in [-0.2, 0) is 21.2 Å². The highest BCUT2D eigenvalue weighted by molar-refractivity contribution is 7.80. The highest BCUT2D eigenvalue weighted by Crippen LogP contribution is 2.06. The standard InChI is InChI=1S/C8H10O4S.C3H6N4/c1-7-2-4-8(5-3-7)6-12-13(9,10)11;4-2-1-6-7-3(2)5/h2-5H,6H2,1H3,(H,9,10,11);1H,4H2,(H3,5,6,7). The van der Waals surface area contributed by atoms with Crippen molar-refractivity contribution in [1.29, 1.82) is 0 Å². The fraction of sp³-hybridized carbons (Fsp3) is 0.182. The molecule has 0 unspecified atom stereocenters. The number of nitrogens with two attached hydrogens (primary N) is 2. The van der Waals surface area contributed by atoms with E-state index in [9.17, 15) is 8.42 Å². The molecule has 0 aliphatic heterocycles. The Morgan fingerprint density at radius 1 is 1.30 bits per heavy atom. The van der Waals surface area contributed by atoms with E-state index in [1.54, 1.807) is 12.1 Å². The average Bonchev–Trinajstić information content (AvgIpc) is 2.73. The van der Waals surface area contributed by atoms with Crippen molar-refractivity contribution >= 4 is 21.9 Å². The van der Waals surface area contributed by atoms with Crippen LogP contribution in [0.1, 0.15) is 11.1 Å². The second kappa shape index (κ2) is 6.89. The minimum atomic E-state index is -4.33. The zero-order chi connectivity index (χ0) is 15.2. The van der Waals surface area contributed by atoms with Gasteiger partial charge in [-0.3, -0.25) is 9.65 Å². The van der Waals surface area contributed by atoms with Crippen molar-refractivity contribution in [2.75, 3.05) is 11.5 Å². The predicted molar refractivity (Wildman–Crippen MR) is 74.9 cm³/mol. The molecule has 9 heteroatoms. The molecule has 0 bridgehead atoms. The summed E-state index contributed by atoms with van der Waals surface area (Å²) in [5, 5.41) is 6.02. The summed E-state index contributed by atoms with van der Waals surface area (Å²) in [6.45, 7) is 1.78. The number of benzene rings is 1. The van der Waals surface area contributed by atoms with E-state index in [4.69, 9.17) is 16.0 Å². The zero-order valence-corrected chi connectivity index (χ0v) is 11.6. The third-order valence-electron chi connectivity index (χ3n) is 2.19. The number of aromatic nitrogens is 2. The Morgan fingerprint density at radius 3 is 2.25 bits per heavy atom. The molecule has 2 aromatic rings. The first kappa shape index (κ1) is 16.0. The molecule has 110 valence electrons. The molecule has 1 heterocycles. The van der Waals surface area contributed by atoms with Gasteiger partial charge in [0, 0.05) is 0 Å². The molecule has 6 N–H and O–H groups in total. The van der Waals surface area contributed by atoms with Crippen LogP contribution in [0.15, 0.2) is 30.5 Å². The monoisotopic (exact) mass is 300 g/mol. The largest absolute Gasteiger partial charge is 0.397 e. The van der Waals surface area contributed by atoms with Gasteiger partial charge in [0.2, 0.25) is 0 Å². The Hall–Kier alpha value is -2.10. The summed E-state index contributed by atoms with van der Waals surface area (Å²) in [6.07, 6.45) is 1.47. The molecular formula is C11H16N4O4S. The normalized spacial score (nSPS) is 10.7. The van der Waals surface area contributed by atoms with Gasteiger partial charge in [0.1, 0.15) is 5.82 Å². The van der Waals surface area contributed by atoms with Crippen LogP contribution in [0.4, 0.5) is 11.5 Å². The number of hydrogen-bond acceptors (Lipinski definition) is 6. The van der Waals surface area contributed by atoms with E-state index in [1.807, 2.05) is 19.1 Å². The Kier molecular flexibility index (Phi) is 5.50. The maximum Gasteiger partial charge on any atom is 0.397 e. The Bertz CT molecular complexity index is 620. The summed E-state index contributed by atoms with van der Waals surface area (Å²) in [4.78, 5) is 0. The van der Waals surface area contributed by atoms with Gasteiger partial charge in [-0.15, -0.1) is 0 Å². The lowest BCUT2D eigenvalue weighted by atomic mass is 10.2. The lowest BCUT2D eigenvalue weighted by molar-refractivity contribution is 0.259. The van der Waals surface area contributed by atoms with Crippen molar-refractivity contribution in [3.8, 4) is 0 Å². The van der Waals surface area contributed by atoms with Gasteiger partial charge in [-0.2, -0.15) is 13.5 Å². The van der Waals surface area contributed by atoms with E-state index in [0.717, 1.165) is 5.56 Å². The molecule has 0 aliphatic rings. The predicted octanol–water partition coefficient (Wildman–Crippen LogP) is 0.889. The molecule has 0 radical (unpaired) electrons. The summed E-state index contributed by atoms with van der Waals surface area (Å²) in [6, 6.07) is 7.15. The van der Waals surface area contributed by atoms with Gasteiger partial charge in [0.05, 0.1) is 18.5 Å². The molecule has 0 saturated carbocycles. The molecule has 1 aromatic heterocycles. The summed E-state index contributed by atoms with van der Waals surface area (Å²) < 4.78 is 32.9. The second-order valence-corrected chi connectivity index (χ2v) is 5.01. The lowest BCUT2D eigenvalue weighted by Crippen LogP contribution is -2.03. The smallest absolute Gasteiger partial charge is 0.394 e. The minimum absolute atomic E-state index is 0.140. The lowest BCUT2D eigenvalue weighted by Gasteiger charge is -2.00. The van der Waals surface area contributed by atoms with Crippen LogP contribution in [0, 0.1) is 6.92 Å². The minimum Gasteiger partial charge on any atom is -0.394 e. The van der Waals surface area contributed by atoms with Gasteiger partial charge >= 0.3 is 10.4 Å². The Morgan fingerprint density at radius 2 is 1.90 bits per heavy atom. The van der Waals surface area contributed by atoms with Crippen molar-refractivity contribution in [2.45, 2.75) is 13.5 Å². The SMILES string of the molecule is Cc1ccc(COS(=O)(=O)O)cc1.Nc1cn[nH]c1N. The first-order valence-electron chi connectivity index (χ1n) is 5.49. The molecule has 0 saturated heterocycles. The van der Waals surface area contributed by atoms with E-state index < -0.39 is 10.4 Å². The van der Waals surface area contributed by atoms with Crippen LogP contribution >= 0.6 is 0 Å². The molecule has 2 rings (SSSR count). The maximum atomic E-state index is 10.2. The van der Waals surface area contributed by atoms with Crippen molar-refractivity contribution in [3.63, 3.8) is 0 Å². The molecule has 0 fully saturated rings. The number of rotatable bonds is 3. The molecule has 0 amide bonds. The molecular weight excluding hydrogens is 284 g/mol. The van der Waals surface area contributed by atoms with Crippen LogP contribution < -0.4 is 11.5 Å². The number of nitrogens with one attached hydrogen (secondary N) is 1. The molecule has 0 spiro atoms. The van der Waals surface area contributed by atoms with Crippen LogP contribution in [0.5, 0.6) is 0 Å². The number of aromatic amines is 1. The first-order chi connectivity index (χ1) is 9.28. The summed E-state index contributed by atoms with van der Waals surface area (Å²) in [7, 11) is -4.33. The van der Waals surface area contributed by atoms with E-state index in [1.165, 1.54) is 6.20 Å². The topological polar surface area (TPSA) is 144 Å². The van der Waals surface area contributed by atoms with Crippen molar-refractivity contribution < 1.29 is 17.2 Å². The van der Waals surface area contributed by atoms with Gasteiger partial charge in [-0.25, -0.2) is 4.18 Å². The highest BCUT2D eigenvalue weighted by Gasteiger charge is 2.03. The quantitative estimate of drug-likeness (QED) is 0.616. The number of hydrogen-bond donors (Lipinski definition) is 4. The van der Waals surface area contributed by atoms with Crippen molar-refractivity contribution in [1.82, 2.24) is 10.2 Å². The van der Waals surface area contributed by atoms with E-state index in [-0.39, 0.29) is 6.61 Å². The zero-order valence-electron chi connectivity index (χ0n) is 10.8. The summed E-state index contributed by atoms with van der Waals surface area (Å²) in [5.41, 5.74) is 12.7. The number of nitrogens with zero attached hydrogens (tertiary/aromatic N) is 1. The van der Waals surface area contributed by atoms with Gasteiger partial charge in [0.25, 0.3) is 0 Å². The molecule has 20 heavy (non-hydrogen) atoms. The van der Waals surface area contributed by atoms with E-state index in [0.29, 0.717) is 17.1 Å². The fourth-order valence-electron chi connectivity index (χ4n) is 1.13. The molecule has 1 aromatic carbocycles. The van der Waals surface area contributed by atoms with Gasteiger partial charge in [-0.05, 0) is 12.5 Å². The van der Waals surface area contributed by atoms with Gasteiger partial charge in [-0.1, -0.05) is 29.8 Å². The number of anilines is 2. The number of aryl methyl sites for hydroxylation is 1. The van der Waals surface area contributed by atoms with Crippen LogP contribution in [0.3, 0.4) is 0 Å². The Balaban J connectivity index is 0.000000240. The maximum absolute atomic E-state index is 10.2. The van der Waals surface area contributed by atoms with Gasteiger partial charge < -0.3 is 11.5 Å². The van der Waals surface area contributed by atoms with Crippen molar-refractivity contribution in [3.05, 3.63) is 41.6 Å². The number of H-pyrrole nitrogens is 1. The number of nitrogen functional groups attached to an aromatic ring is 2. The second-order valence-electron chi connectivity index (χ2n) is 3.91. The van der Waals surface area contributed by atoms with Crippen LogP contribution in [0.25, 0.3) is 0 Å². The molecule has 0 atom stereocenters. The van der Waals surface area contributed by atoms with Crippen LogP contribution in [-0.4, -0.2) is 23.2 Å². The van der Waals surface area contributed by atoms with E-state index >= 15 is 0 Å². The summed E-state index contributed by atoms with van der Waals surface area (Å²) >= 11 is 0. The average molecular weight is 300 g/mol. The molecule has 8 nitrogen and oxygen atoms in total. The third-order valence-corrected chi connectivity index (χ3v) is 2.61. The highest BCUT2D eigenvalue weighted by atomic mass is 32.3. The van der Waals surface area contributed by atoms with Gasteiger partial charge in [0.15, 0.2) is 0 Å². The van der Waals surface area contributed by atoms with Crippen LogP contribution in [0.2, 0.25) is 0 Å². The third kappa shape index (κ3) is 6.18. The van der Waals surface area contributed by atoms with E-state index in [2.05, 4.69) is 14.4 Å². The summed E-state index contributed by atoms with van der Waals surface area (Å²) in [5.74, 6) is 0.431. The fourth-order valence-corrected chi connectivity index (χ4v) is 1.42. The Labute approximate surface area is 116 Å². The molecule has 0 aliphatic carbocycles. The first-order valence-corrected chi connectivity index (χ1v) is 6.86.